The lowest BCUT2D eigenvalue weighted by atomic mass is 9.73. The molecule has 0 radical (unpaired) electrons. The molecule has 2 fully saturated rings. The number of cyclic esters (lactones) is 1. The summed E-state index contributed by atoms with van der Waals surface area (Å²) in [7, 11) is 0. The number of Topliss-reactive ketones (excluding diaryl/α,β-unsaturated/α-hetero) is 1. The predicted octanol–water partition coefficient (Wildman–Crippen LogP) is 4.48. The molecule has 1 aromatic heterocycles. The van der Waals surface area contributed by atoms with E-state index in [0.717, 1.165) is 35.5 Å². The number of aromatic nitrogens is 1. The molecule has 8 heteroatoms. The number of aliphatic hydroxyl groups excluding tert-OH is 2. The number of hydrogen-bond acceptors (Lipinski definition) is 8. The fourth-order valence-electron chi connectivity index (χ4n) is 5.09. The lowest BCUT2D eigenvalue weighted by Gasteiger charge is -2.34. The van der Waals surface area contributed by atoms with Gasteiger partial charge in [0.2, 0.25) is 0 Å². The van der Waals surface area contributed by atoms with Crippen LogP contribution in [0.15, 0.2) is 11.0 Å². The highest BCUT2D eigenvalue weighted by molar-refractivity contribution is 7.09. The summed E-state index contributed by atoms with van der Waals surface area (Å²) >= 11 is 1.56. The van der Waals surface area contributed by atoms with Crippen molar-refractivity contribution in [1.29, 1.82) is 0 Å². The summed E-state index contributed by atoms with van der Waals surface area (Å²) in [4.78, 5) is 30.6. The number of ether oxygens (including phenoxy) is 2. The van der Waals surface area contributed by atoms with Gasteiger partial charge in [0.25, 0.3) is 0 Å². The van der Waals surface area contributed by atoms with Gasteiger partial charge < -0.3 is 19.7 Å². The molecule has 2 aliphatic rings. The Morgan fingerprint density at radius 1 is 1.20 bits per heavy atom. The van der Waals surface area contributed by atoms with E-state index in [1.54, 1.807) is 32.1 Å². The van der Waals surface area contributed by atoms with Crippen molar-refractivity contribution in [1.82, 2.24) is 4.98 Å². The average molecular weight is 508 g/mol. The summed E-state index contributed by atoms with van der Waals surface area (Å²) < 4.78 is 11.9. The number of carbonyl (C=O) groups is 2. The van der Waals surface area contributed by atoms with E-state index in [1.807, 2.05) is 39.2 Å². The van der Waals surface area contributed by atoms with Gasteiger partial charge in [-0.3, -0.25) is 9.59 Å². The number of epoxide rings is 1. The van der Waals surface area contributed by atoms with E-state index >= 15 is 0 Å². The largest absolute Gasteiger partial charge is 0.458 e. The SMILES string of the molecule is CC(=Cc1csc(C)n1)[C@@H]1C[C@]2(C)O[C@@H]2CCC[C@H](C)[C@H](O)[C@@H](C)C(=O)C(C)(C)[C@@H](O)CC(=O)O1. The number of nitrogens with zero attached hydrogens (tertiary/aromatic N) is 1. The van der Waals surface area contributed by atoms with Crippen LogP contribution in [-0.4, -0.2) is 57.0 Å². The summed E-state index contributed by atoms with van der Waals surface area (Å²) in [5.41, 5.74) is 0.0686. The molecule has 3 rings (SSSR count). The highest BCUT2D eigenvalue weighted by Crippen LogP contribution is 2.45. The van der Waals surface area contributed by atoms with Crippen LogP contribution in [0.4, 0.5) is 0 Å². The normalized spacial score (nSPS) is 37.5. The molecule has 2 N–H and O–H groups in total. The number of fused-ring (bicyclic) bond motifs is 1. The van der Waals surface area contributed by atoms with Crippen molar-refractivity contribution in [2.24, 2.45) is 17.3 Å². The van der Waals surface area contributed by atoms with Crippen molar-refractivity contribution in [2.45, 2.75) is 111 Å². The van der Waals surface area contributed by atoms with E-state index in [0.29, 0.717) is 6.42 Å². The lowest BCUT2D eigenvalue weighted by molar-refractivity contribution is -0.154. The second-order valence-electron chi connectivity index (χ2n) is 11.3. The molecule has 2 aliphatic heterocycles. The summed E-state index contributed by atoms with van der Waals surface area (Å²) in [5.74, 6) is -1.54. The minimum atomic E-state index is -1.23. The Bertz CT molecular complexity index is 955. The van der Waals surface area contributed by atoms with Gasteiger partial charge in [-0.2, -0.15) is 0 Å². The summed E-state index contributed by atoms with van der Waals surface area (Å²) in [6.07, 6.45) is 2.08. The maximum absolute atomic E-state index is 13.2. The zero-order valence-corrected chi connectivity index (χ0v) is 22.9. The molecular formula is C27H41NO6S. The predicted molar refractivity (Wildman–Crippen MR) is 136 cm³/mol. The van der Waals surface area contributed by atoms with Crippen LogP contribution in [-0.2, 0) is 19.1 Å². The first-order chi connectivity index (χ1) is 16.2. The lowest BCUT2D eigenvalue weighted by Crippen LogP contribution is -2.45. The number of hydrogen-bond donors (Lipinski definition) is 2. The number of aryl methyl sites for hydroxylation is 1. The molecule has 0 bridgehead atoms. The zero-order chi connectivity index (χ0) is 26.1. The minimum Gasteiger partial charge on any atom is -0.458 e. The van der Waals surface area contributed by atoms with E-state index in [4.69, 9.17) is 9.47 Å². The number of aliphatic hydroxyl groups is 2. The van der Waals surface area contributed by atoms with Crippen molar-refractivity contribution >= 4 is 29.2 Å². The Hall–Kier alpha value is -1.61. The molecule has 3 heterocycles. The molecule has 0 saturated carbocycles. The Labute approximate surface area is 212 Å². The Morgan fingerprint density at radius 2 is 1.89 bits per heavy atom. The first-order valence-corrected chi connectivity index (χ1v) is 13.5. The van der Waals surface area contributed by atoms with Crippen LogP contribution in [0.25, 0.3) is 6.08 Å². The van der Waals surface area contributed by atoms with Crippen LogP contribution in [0.1, 0.15) is 84.3 Å². The first-order valence-electron chi connectivity index (χ1n) is 12.6. The van der Waals surface area contributed by atoms with E-state index in [2.05, 4.69) is 4.98 Å². The maximum Gasteiger partial charge on any atom is 0.309 e. The molecule has 196 valence electrons. The van der Waals surface area contributed by atoms with Gasteiger partial charge in [0, 0.05) is 17.7 Å². The minimum absolute atomic E-state index is 0.0545. The topological polar surface area (TPSA) is 109 Å². The van der Waals surface area contributed by atoms with Crippen molar-refractivity contribution < 1.29 is 29.3 Å². The summed E-state index contributed by atoms with van der Waals surface area (Å²) in [6.45, 7) is 12.8. The van der Waals surface area contributed by atoms with Gasteiger partial charge in [-0.15, -0.1) is 11.3 Å². The molecule has 7 nitrogen and oxygen atoms in total. The number of thiazole rings is 1. The molecular weight excluding hydrogens is 466 g/mol. The van der Waals surface area contributed by atoms with Crippen LogP contribution in [0.5, 0.6) is 0 Å². The highest BCUT2D eigenvalue weighted by Gasteiger charge is 2.53. The van der Waals surface area contributed by atoms with Crippen molar-refractivity contribution in [3.8, 4) is 0 Å². The van der Waals surface area contributed by atoms with Crippen LogP contribution in [0, 0.1) is 24.2 Å². The van der Waals surface area contributed by atoms with Crippen LogP contribution >= 0.6 is 11.3 Å². The zero-order valence-electron chi connectivity index (χ0n) is 22.0. The molecule has 0 amide bonds. The van der Waals surface area contributed by atoms with Crippen LogP contribution < -0.4 is 0 Å². The molecule has 0 aromatic carbocycles. The van der Waals surface area contributed by atoms with Crippen molar-refractivity contribution in [2.75, 3.05) is 0 Å². The third-order valence-electron chi connectivity index (χ3n) is 7.88. The second kappa shape index (κ2) is 10.8. The van der Waals surface area contributed by atoms with E-state index in [1.165, 1.54) is 0 Å². The van der Waals surface area contributed by atoms with Gasteiger partial charge in [0.15, 0.2) is 0 Å². The van der Waals surface area contributed by atoms with Gasteiger partial charge in [0.1, 0.15) is 11.9 Å². The first kappa shape index (κ1) is 28.0. The van der Waals surface area contributed by atoms with E-state index < -0.39 is 41.2 Å². The summed E-state index contributed by atoms with van der Waals surface area (Å²) in [6, 6.07) is 0. The van der Waals surface area contributed by atoms with Gasteiger partial charge in [0.05, 0.1) is 46.5 Å². The quantitative estimate of drug-likeness (QED) is 0.449. The molecule has 1 aromatic rings. The molecule has 2 saturated heterocycles. The number of carbonyl (C=O) groups excluding carboxylic acids is 2. The number of esters is 1. The van der Waals surface area contributed by atoms with Crippen molar-refractivity contribution in [3.05, 3.63) is 21.7 Å². The van der Waals surface area contributed by atoms with Gasteiger partial charge in [-0.25, -0.2) is 4.98 Å². The standard InChI is InChI=1S/C27H41NO6S/c1-15-9-8-10-22-27(7,34-22)13-20(16(2)11-19-14-35-18(4)28-19)33-23(30)12-21(29)26(5,6)25(32)17(3)24(15)31/h11,14-15,17,20-22,24,29,31H,8-10,12-13H2,1-7H3/t15-,17+,20-,21-,22+,24-,27-/m0/s1. The number of ketones is 1. The molecule has 7 atom stereocenters. The highest BCUT2D eigenvalue weighted by atomic mass is 32.1. The van der Waals surface area contributed by atoms with Crippen molar-refractivity contribution in [3.63, 3.8) is 0 Å². The fraction of sp³-hybridized carbons (Fsp3) is 0.741. The third kappa shape index (κ3) is 6.59. The van der Waals surface area contributed by atoms with Crippen LogP contribution in [0.3, 0.4) is 0 Å². The van der Waals surface area contributed by atoms with Gasteiger partial charge in [-0.1, -0.05) is 34.1 Å². The molecule has 0 spiro atoms. The van der Waals surface area contributed by atoms with Gasteiger partial charge in [-0.05, 0) is 51.2 Å². The Balaban J connectivity index is 1.86. The molecule has 0 unspecified atom stereocenters. The number of rotatable bonds is 2. The fourth-order valence-corrected chi connectivity index (χ4v) is 5.66. The average Bonchev–Trinajstić information content (AvgIpc) is 3.23. The monoisotopic (exact) mass is 507 g/mol. The smallest absolute Gasteiger partial charge is 0.309 e. The molecule has 35 heavy (non-hydrogen) atoms. The maximum atomic E-state index is 13.2. The van der Waals surface area contributed by atoms with Crippen LogP contribution in [0.2, 0.25) is 0 Å². The Morgan fingerprint density at radius 3 is 2.51 bits per heavy atom. The summed E-state index contributed by atoms with van der Waals surface area (Å²) in [5, 5.41) is 24.6. The molecule has 0 aliphatic carbocycles. The van der Waals surface area contributed by atoms with E-state index in [-0.39, 0.29) is 24.2 Å². The van der Waals surface area contributed by atoms with E-state index in [9.17, 15) is 19.8 Å². The Kier molecular flexibility index (Phi) is 8.62. The second-order valence-corrected chi connectivity index (χ2v) is 12.3. The van der Waals surface area contributed by atoms with Gasteiger partial charge >= 0.3 is 5.97 Å². The third-order valence-corrected chi connectivity index (χ3v) is 8.67.